The minimum atomic E-state index is -0.652. The fourth-order valence-corrected chi connectivity index (χ4v) is 4.68. The highest BCUT2D eigenvalue weighted by molar-refractivity contribution is 5.93. The maximum atomic E-state index is 13.5. The smallest absolute Gasteiger partial charge is 0.418 e. The molecular weight excluding hydrogens is 462 g/mol. The zero-order valence-electron chi connectivity index (χ0n) is 20.4. The summed E-state index contributed by atoms with van der Waals surface area (Å²) in [6.07, 6.45) is 0.664. The number of carbonyl (C=O) groups excluding carboxylic acids is 2. The van der Waals surface area contributed by atoms with Crippen LogP contribution in [0.1, 0.15) is 49.3 Å². The molecule has 3 amide bonds. The van der Waals surface area contributed by atoms with Crippen LogP contribution in [0.5, 0.6) is 0 Å². The van der Waals surface area contributed by atoms with E-state index in [0.717, 1.165) is 16.7 Å². The van der Waals surface area contributed by atoms with Crippen molar-refractivity contribution in [2.45, 2.75) is 51.3 Å². The van der Waals surface area contributed by atoms with Gasteiger partial charge in [-0.05, 0) is 67.6 Å². The Morgan fingerprint density at radius 3 is 1.97 bits per heavy atom. The summed E-state index contributed by atoms with van der Waals surface area (Å²) in [5, 5.41) is 0. The molecule has 0 aliphatic carbocycles. The molecule has 0 aromatic heterocycles. The lowest BCUT2D eigenvalue weighted by molar-refractivity contribution is 0.101. The topological polar surface area (TPSA) is 49.9 Å². The van der Waals surface area contributed by atoms with E-state index in [4.69, 9.17) is 4.74 Å². The van der Waals surface area contributed by atoms with E-state index < -0.39 is 6.09 Å². The molecule has 1 aliphatic rings. The molecule has 36 heavy (non-hydrogen) atoms. The Morgan fingerprint density at radius 1 is 0.861 bits per heavy atom. The highest BCUT2D eigenvalue weighted by atomic mass is 19.1. The minimum absolute atomic E-state index is 0.0800. The van der Waals surface area contributed by atoms with Crippen molar-refractivity contribution < 1.29 is 23.1 Å². The van der Waals surface area contributed by atoms with Gasteiger partial charge >= 0.3 is 12.1 Å². The van der Waals surface area contributed by atoms with Gasteiger partial charge in [0.15, 0.2) is 0 Å². The van der Waals surface area contributed by atoms with Crippen LogP contribution >= 0.6 is 0 Å². The summed E-state index contributed by atoms with van der Waals surface area (Å²) in [5.74, 6) is -0.716. The van der Waals surface area contributed by atoms with E-state index in [1.54, 1.807) is 29.2 Å². The fourth-order valence-electron chi connectivity index (χ4n) is 4.68. The van der Waals surface area contributed by atoms with Crippen LogP contribution in [0.4, 0.5) is 18.4 Å². The normalized spacial score (nSPS) is 17.6. The Balaban J connectivity index is 1.40. The van der Waals surface area contributed by atoms with Crippen molar-refractivity contribution in [2.24, 2.45) is 0 Å². The van der Waals surface area contributed by atoms with Crippen LogP contribution in [0.2, 0.25) is 0 Å². The zero-order valence-corrected chi connectivity index (χ0v) is 20.4. The number of benzene rings is 3. The molecule has 0 radical (unpaired) electrons. The molecule has 188 valence electrons. The number of rotatable bonds is 8. The summed E-state index contributed by atoms with van der Waals surface area (Å²) < 4.78 is 32.4. The average molecular weight is 493 g/mol. The van der Waals surface area contributed by atoms with Crippen LogP contribution in [-0.2, 0) is 11.3 Å². The molecule has 0 N–H and O–H groups in total. The first-order valence-corrected chi connectivity index (χ1v) is 12.2. The van der Waals surface area contributed by atoms with Gasteiger partial charge in [0.25, 0.3) is 0 Å². The predicted molar refractivity (Wildman–Crippen MR) is 133 cm³/mol. The summed E-state index contributed by atoms with van der Waals surface area (Å²) in [6.45, 7) is 4.31. The maximum absolute atomic E-state index is 13.5. The third-order valence-corrected chi connectivity index (χ3v) is 6.89. The van der Waals surface area contributed by atoms with Crippen LogP contribution in [0.25, 0.3) is 0 Å². The van der Waals surface area contributed by atoms with Crippen molar-refractivity contribution in [3.63, 3.8) is 0 Å². The van der Waals surface area contributed by atoms with Gasteiger partial charge in [-0.2, -0.15) is 0 Å². The molecule has 7 heteroatoms. The van der Waals surface area contributed by atoms with Gasteiger partial charge in [-0.3, -0.25) is 0 Å². The Kier molecular flexibility index (Phi) is 7.98. The second-order valence-corrected chi connectivity index (χ2v) is 9.17. The number of urea groups is 1. The van der Waals surface area contributed by atoms with Crippen LogP contribution in [-0.4, -0.2) is 40.6 Å². The minimum Gasteiger partial charge on any atom is -0.444 e. The second kappa shape index (κ2) is 11.3. The number of hydrogen-bond donors (Lipinski definition) is 0. The van der Waals surface area contributed by atoms with Crippen molar-refractivity contribution in [3.8, 4) is 0 Å². The van der Waals surface area contributed by atoms with Gasteiger partial charge in [0, 0.05) is 12.5 Å². The van der Waals surface area contributed by atoms with Crippen molar-refractivity contribution in [3.05, 3.63) is 107 Å². The Bertz CT molecular complexity index is 1120. The van der Waals surface area contributed by atoms with Crippen LogP contribution in [0.3, 0.4) is 0 Å². The number of ether oxygens (including phenoxy) is 1. The van der Waals surface area contributed by atoms with Gasteiger partial charge in [0.2, 0.25) is 0 Å². The summed E-state index contributed by atoms with van der Waals surface area (Å²) in [6, 6.07) is 21.1. The zero-order chi connectivity index (χ0) is 25.7. The van der Waals surface area contributed by atoms with Gasteiger partial charge in [-0.15, -0.1) is 0 Å². The van der Waals surface area contributed by atoms with E-state index in [2.05, 4.69) is 0 Å². The molecule has 1 saturated heterocycles. The van der Waals surface area contributed by atoms with Crippen molar-refractivity contribution in [1.29, 1.82) is 0 Å². The number of nitrogens with zero attached hydrogens (tertiary/aromatic N) is 2. The number of hydrogen-bond acceptors (Lipinski definition) is 3. The first kappa shape index (κ1) is 25.4. The van der Waals surface area contributed by atoms with Crippen LogP contribution in [0.15, 0.2) is 78.9 Å². The number of carbonyl (C=O) groups is 2. The Labute approximate surface area is 210 Å². The summed E-state index contributed by atoms with van der Waals surface area (Å²) >= 11 is 0. The lowest BCUT2D eigenvalue weighted by atomic mass is 9.87. The van der Waals surface area contributed by atoms with E-state index in [1.807, 2.05) is 44.2 Å². The third kappa shape index (κ3) is 5.73. The highest BCUT2D eigenvalue weighted by Crippen LogP contribution is 2.31. The van der Waals surface area contributed by atoms with Crippen molar-refractivity contribution in [1.82, 2.24) is 9.80 Å². The quantitative estimate of drug-likeness (QED) is 0.350. The molecule has 3 aromatic rings. The molecule has 5 nitrogen and oxygen atoms in total. The standard InChI is InChI=1S/C29H30F2N2O3/c1-20-21(2)33(29(35)36-19-22-7-4-3-5-8-22)28(34)32(20)18-6-9-27(23-10-14-25(30)15-11-23)24-12-16-26(31)17-13-24/h3-5,7-8,10-17,20-21,27H,6,9,18-19H2,1-2H3/t20?,21-/m1/s1. The summed E-state index contributed by atoms with van der Waals surface area (Å²) in [4.78, 5) is 28.8. The molecule has 1 heterocycles. The van der Waals surface area contributed by atoms with Gasteiger partial charge < -0.3 is 9.64 Å². The monoisotopic (exact) mass is 492 g/mol. The van der Waals surface area contributed by atoms with Gasteiger partial charge in [-0.1, -0.05) is 54.6 Å². The van der Waals surface area contributed by atoms with Gasteiger partial charge in [0.1, 0.15) is 18.2 Å². The molecule has 0 saturated carbocycles. The average Bonchev–Trinajstić information content (AvgIpc) is 3.10. The highest BCUT2D eigenvalue weighted by Gasteiger charge is 2.44. The van der Waals surface area contributed by atoms with E-state index >= 15 is 0 Å². The number of imide groups is 1. The van der Waals surface area contributed by atoms with Crippen molar-refractivity contribution >= 4 is 12.1 Å². The number of halogens is 2. The predicted octanol–water partition coefficient (Wildman–Crippen LogP) is 6.73. The first-order valence-electron chi connectivity index (χ1n) is 12.2. The first-order chi connectivity index (χ1) is 17.3. The van der Waals surface area contributed by atoms with Gasteiger partial charge in [0.05, 0.1) is 12.1 Å². The van der Waals surface area contributed by atoms with Crippen LogP contribution < -0.4 is 0 Å². The Morgan fingerprint density at radius 2 is 1.42 bits per heavy atom. The molecule has 1 aliphatic heterocycles. The van der Waals surface area contributed by atoms with Crippen LogP contribution in [0, 0.1) is 11.6 Å². The molecule has 0 spiro atoms. The molecule has 3 aromatic carbocycles. The maximum Gasteiger partial charge on any atom is 0.418 e. The molecule has 2 atom stereocenters. The molecular formula is C29H30F2N2O3. The van der Waals surface area contributed by atoms with E-state index in [0.29, 0.717) is 19.4 Å². The largest absolute Gasteiger partial charge is 0.444 e. The van der Waals surface area contributed by atoms with E-state index in [1.165, 1.54) is 29.2 Å². The molecule has 4 rings (SSSR count). The summed E-state index contributed by atoms with van der Waals surface area (Å²) in [7, 11) is 0. The SMILES string of the molecule is CC1[C@@H](C)N(C(=O)OCc2ccccc2)C(=O)N1CCCC(c1ccc(F)cc1)c1ccc(F)cc1. The fraction of sp³-hybridized carbons (Fsp3) is 0.310. The third-order valence-electron chi connectivity index (χ3n) is 6.89. The van der Waals surface area contributed by atoms with E-state index in [-0.39, 0.29) is 42.3 Å². The lowest BCUT2D eigenvalue weighted by Crippen LogP contribution is -2.39. The molecule has 1 fully saturated rings. The lowest BCUT2D eigenvalue weighted by Gasteiger charge is -2.23. The van der Waals surface area contributed by atoms with E-state index in [9.17, 15) is 18.4 Å². The van der Waals surface area contributed by atoms with Gasteiger partial charge in [-0.25, -0.2) is 23.3 Å². The molecule has 0 bridgehead atoms. The van der Waals surface area contributed by atoms with Crippen molar-refractivity contribution in [2.75, 3.05) is 6.54 Å². The molecule has 1 unspecified atom stereocenters. The Hall–Kier alpha value is -3.74. The number of amides is 3. The summed E-state index contributed by atoms with van der Waals surface area (Å²) in [5.41, 5.74) is 2.69. The second-order valence-electron chi connectivity index (χ2n) is 9.17.